The van der Waals surface area contributed by atoms with Crippen LogP contribution < -0.4 is 28.9 Å². The van der Waals surface area contributed by atoms with Crippen molar-refractivity contribution in [2.75, 3.05) is 44.2 Å². The monoisotopic (exact) mass is 414 g/mol. The third-order valence-corrected chi connectivity index (χ3v) is 4.57. The Labute approximate surface area is 141 Å². The van der Waals surface area contributed by atoms with Gasteiger partial charge in [0.2, 0.25) is 0 Å². The van der Waals surface area contributed by atoms with E-state index in [0.717, 1.165) is 49.8 Å². The predicted molar refractivity (Wildman–Crippen MR) is 74.7 cm³/mol. The molecule has 0 bridgehead atoms. The number of anilines is 1. The first-order valence-electron chi connectivity index (χ1n) is 7.17. The molecule has 0 N–H and O–H groups in total. The summed E-state index contributed by atoms with van der Waals surface area (Å²) in [5.41, 5.74) is 0.122. The van der Waals surface area contributed by atoms with Gasteiger partial charge in [0.15, 0.2) is 0 Å². The molecule has 120 valence electrons. The molecule has 1 aromatic carbocycles. The molecule has 0 atom stereocenters. The maximum Gasteiger partial charge on any atom is 0.416 e. The molecule has 1 aliphatic rings. The van der Waals surface area contributed by atoms with Crippen LogP contribution in [0.2, 0.25) is 0 Å². The number of alkyl halides is 3. The zero-order valence-corrected chi connectivity index (χ0v) is 14.6. The second-order valence-electron chi connectivity index (χ2n) is 5.46. The highest BCUT2D eigenvalue weighted by Crippen LogP contribution is 2.32. The van der Waals surface area contributed by atoms with Crippen LogP contribution in [-0.4, -0.2) is 43.8 Å². The maximum atomic E-state index is 12.7. The van der Waals surface area contributed by atoms with Crippen molar-refractivity contribution in [2.24, 2.45) is 0 Å². The third kappa shape index (κ3) is 4.25. The van der Waals surface area contributed by atoms with Gasteiger partial charge in [0.1, 0.15) is 0 Å². The standard InChI is InChI=1S/C15H22F3N2.HI/c1-3-20(4-2)10-8-19(9-11-20)14-7-5-6-13(12-14)15(16,17)18;/h5-7,12H,3-4,8-11H2,1-2H3;1H/q+1;/p-1. The van der Waals surface area contributed by atoms with E-state index in [0.29, 0.717) is 5.69 Å². The van der Waals surface area contributed by atoms with Crippen LogP contribution in [-0.2, 0) is 6.18 Å². The van der Waals surface area contributed by atoms with E-state index >= 15 is 0 Å². The zero-order chi connectivity index (χ0) is 14.8. The summed E-state index contributed by atoms with van der Waals surface area (Å²) in [6, 6.07) is 5.66. The Bertz CT molecular complexity index is 448. The number of hydrogen-bond acceptors (Lipinski definition) is 1. The number of rotatable bonds is 3. The molecule has 6 heteroatoms. The van der Waals surface area contributed by atoms with Crippen molar-refractivity contribution < 1.29 is 41.6 Å². The summed E-state index contributed by atoms with van der Waals surface area (Å²) < 4.78 is 39.3. The molecule has 1 heterocycles. The molecule has 0 unspecified atom stereocenters. The van der Waals surface area contributed by atoms with E-state index in [1.54, 1.807) is 6.07 Å². The molecule has 1 fully saturated rings. The first-order chi connectivity index (χ1) is 9.40. The quantitative estimate of drug-likeness (QED) is 0.511. The summed E-state index contributed by atoms with van der Waals surface area (Å²) in [4.78, 5) is 2.07. The molecule has 1 aromatic rings. The highest BCUT2D eigenvalue weighted by molar-refractivity contribution is 5.49. The highest BCUT2D eigenvalue weighted by Gasteiger charge is 2.33. The SMILES string of the molecule is CC[N+]1(CC)CCN(c2cccc(C(F)(F)F)c2)CC1.[I-]. The summed E-state index contributed by atoms with van der Waals surface area (Å²) in [5, 5.41) is 0. The van der Waals surface area contributed by atoms with E-state index in [9.17, 15) is 13.2 Å². The van der Waals surface area contributed by atoms with Gasteiger partial charge in [-0.3, -0.25) is 0 Å². The largest absolute Gasteiger partial charge is 1.00 e. The fraction of sp³-hybridized carbons (Fsp3) is 0.600. The fourth-order valence-corrected chi connectivity index (χ4v) is 2.88. The van der Waals surface area contributed by atoms with Crippen molar-refractivity contribution in [3.63, 3.8) is 0 Å². The predicted octanol–water partition coefficient (Wildman–Crippen LogP) is 0.386. The summed E-state index contributed by atoms with van der Waals surface area (Å²) in [6.07, 6.45) is -4.27. The number of likely N-dealkylation sites (N-methyl/N-ethyl adjacent to an activating group) is 1. The number of nitrogens with zero attached hydrogens (tertiary/aromatic N) is 2. The third-order valence-electron chi connectivity index (χ3n) is 4.57. The Hall–Kier alpha value is -0.500. The van der Waals surface area contributed by atoms with Crippen molar-refractivity contribution in [3.8, 4) is 0 Å². The Morgan fingerprint density at radius 1 is 1.10 bits per heavy atom. The van der Waals surface area contributed by atoms with Crippen LogP contribution in [0.25, 0.3) is 0 Å². The number of piperazine rings is 1. The fourth-order valence-electron chi connectivity index (χ4n) is 2.88. The van der Waals surface area contributed by atoms with Crippen LogP contribution in [0.3, 0.4) is 0 Å². The van der Waals surface area contributed by atoms with E-state index in [1.165, 1.54) is 12.1 Å². The van der Waals surface area contributed by atoms with Gasteiger partial charge >= 0.3 is 6.18 Å². The van der Waals surface area contributed by atoms with Gasteiger partial charge in [-0.2, -0.15) is 13.2 Å². The van der Waals surface area contributed by atoms with Gasteiger partial charge in [-0.15, -0.1) is 0 Å². The van der Waals surface area contributed by atoms with Gasteiger partial charge in [-0.25, -0.2) is 0 Å². The number of hydrogen-bond donors (Lipinski definition) is 0. The molecule has 0 aliphatic carbocycles. The zero-order valence-electron chi connectivity index (χ0n) is 12.5. The van der Waals surface area contributed by atoms with E-state index < -0.39 is 11.7 Å². The van der Waals surface area contributed by atoms with Crippen molar-refractivity contribution in [1.82, 2.24) is 0 Å². The minimum atomic E-state index is -4.27. The summed E-state index contributed by atoms with van der Waals surface area (Å²) in [6.45, 7) is 10.2. The highest BCUT2D eigenvalue weighted by atomic mass is 127. The van der Waals surface area contributed by atoms with Gasteiger partial charge < -0.3 is 33.4 Å². The summed E-state index contributed by atoms with van der Waals surface area (Å²) in [5.74, 6) is 0. The molecule has 2 rings (SSSR count). The van der Waals surface area contributed by atoms with Crippen molar-refractivity contribution >= 4 is 5.69 Å². The molecule has 2 nitrogen and oxygen atoms in total. The van der Waals surface area contributed by atoms with Crippen LogP contribution in [0, 0.1) is 0 Å². The molecule has 0 amide bonds. The smallest absolute Gasteiger partial charge is 0.416 e. The van der Waals surface area contributed by atoms with E-state index in [4.69, 9.17) is 0 Å². The Kier molecular flexibility index (Phi) is 6.34. The molecule has 1 saturated heterocycles. The van der Waals surface area contributed by atoms with Crippen LogP contribution in [0.4, 0.5) is 18.9 Å². The minimum absolute atomic E-state index is 0. The lowest BCUT2D eigenvalue weighted by atomic mass is 10.1. The lowest BCUT2D eigenvalue weighted by Gasteiger charge is -2.44. The normalized spacial score (nSPS) is 18.2. The lowest BCUT2D eigenvalue weighted by Crippen LogP contribution is -3.00. The summed E-state index contributed by atoms with van der Waals surface area (Å²) in [7, 11) is 0. The van der Waals surface area contributed by atoms with Gasteiger partial charge in [0.05, 0.1) is 44.8 Å². The molecule has 0 aromatic heterocycles. The number of halogens is 4. The van der Waals surface area contributed by atoms with Crippen LogP contribution >= 0.6 is 0 Å². The average molecular weight is 414 g/mol. The number of quaternary nitrogens is 1. The first-order valence-corrected chi connectivity index (χ1v) is 7.17. The van der Waals surface area contributed by atoms with Crippen molar-refractivity contribution in [3.05, 3.63) is 29.8 Å². The molecule has 0 spiro atoms. The topological polar surface area (TPSA) is 3.24 Å². The van der Waals surface area contributed by atoms with Crippen molar-refractivity contribution in [2.45, 2.75) is 20.0 Å². The molecule has 1 aliphatic heterocycles. The van der Waals surface area contributed by atoms with Gasteiger partial charge in [-0.1, -0.05) is 6.07 Å². The first kappa shape index (κ1) is 18.5. The molecular formula is C15H22F3IN2. The molecule has 21 heavy (non-hydrogen) atoms. The summed E-state index contributed by atoms with van der Waals surface area (Å²) >= 11 is 0. The number of benzene rings is 1. The maximum absolute atomic E-state index is 12.7. The lowest BCUT2D eigenvalue weighted by molar-refractivity contribution is -0.925. The van der Waals surface area contributed by atoms with Gasteiger partial charge in [0.25, 0.3) is 0 Å². The van der Waals surface area contributed by atoms with Crippen LogP contribution in [0.15, 0.2) is 24.3 Å². The Morgan fingerprint density at radius 2 is 1.67 bits per heavy atom. The average Bonchev–Trinajstić information content (AvgIpc) is 2.47. The molecule has 0 saturated carbocycles. The minimum Gasteiger partial charge on any atom is -1.00 e. The van der Waals surface area contributed by atoms with Gasteiger partial charge in [-0.05, 0) is 32.0 Å². The second-order valence-corrected chi connectivity index (χ2v) is 5.46. The van der Waals surface area contributed by atoms with E-state index in [1.807, 2.05) is 0 Å². The van der Waals surface area contributed by atoms with Crippen molar-refractivity contribution in [1.29, 1.82) is 0 Å². The second kappa shape index (κ2) is 7.17. The van der Waals surface area contributed by atoms with E-state index in [2.05, 4.69) is 18.7 Å². The van der Waals surface area contributed by atoms with Crippen LogP contribution in [0.1, 0.15) is 19.4 Å². The van der Waals surface area contributed by atoms with E-state index in [-0.39, 0.29) is 24.0 Å². The molecule has 0 radical (unpaired) electrons. The molecular weight excluding hydrogens is 392 g/mol. The van der Waals surface area contributed by atoms with Crippen LogP contribution in [0.5, 0.6) is 0 Å². The van der Waals surface area contributed by atoms with Gasteiger partial charge in [0, 0.05) is 5.69 Å². The Morgan fingerprint density at radius 3 is 2.14 bits per heavy atom. The Balaban J connectivity index is 0.00000220.